The first-order valence-electron chi connectivity index (χ1n) is 18.3. The van der Waals surface area contributed by atoms with E-state index in [1.807, 2.05) is 0 Å². The molecule has 2 fully saturated rings. The van der Waals surface area contributed by atoms with Gasteiger partial charge in [0.15, 0.2) is 0 Å². The van der Waals surface area contributed by atoms with Crippen molar-refractivity contribution in [1.29, 1.82) is 0 Å². The van der Waals surface area contributed by atoms with Crippen molar-refractivity contribution in [2.45, 2.75) is 77.3 Å². The molecule has 0 spiro atoms. The number of amides is 3. The fourth-order valence-electron chi connectivity index (χ4n) is 4.41. The summed E-state index contributed by atoms with van der Waals surface area (Å²) in [6, 6.07) is 4.75. The van der Waals surface area contributed by atoms with E-state index in [1.165, 1.54) is 12.1 Å². The Hall–Kier alpha value is -3.30. The van der Waals surface area contributed by atoms with Crippen LogP contribution in [-0.4, -0.2) is 57.8 Å². The molecule has 8 nitrogen and oxygen atoms in total. The van der Waals surface area contributed by atoms with E-state index in [0.29, 0.717) is 4.90 Å². The zero-order valence-corrected chi connectivity index (χ0v) is 20.8. The van der Waals surface area contributed by atoms with Crippen LogP contribution >= 0.6 is 0 Å². The molecule has 3 heterocycles. The van der Waals surface area contributed by atoms with E-state index in [9.17, 15) is 14.4 Å². The Kier molecular flexibility index (Phi) is 3.79. The molecule has 1 N–H and O–H groups in total. The summed E-state index contributed by atoms with van der Waals surface area (Å²) < 4.78 is 139. The van der Waals surface area contributed by atoms with Gasteiger partial charge in [-0.15, -0.1) is 0 Å². The van der Waals surface area contributed by atoms with E-state index in [0.717, 1.165) is 45.0 Å². The van der Waals surface area contributed by atoms with Crippen LogP contribution in [0.25, 0.3) is 0 Å². The number of hydrogen-bond donors (Lipinski definition) is 1. The van der Waals surface area contributed by atoms with Gasteiger partial charge in [0.05, 0.1) is 23.2 Å². The molecule has 3 aliphatic heterocycles. The standard InChI is InChI=1S/C29H34FN3O5/c1-28(2)16-32(17-29(3,4)38-28)13-18-7-5-8-19(25(18)30)15-37-23-10-6-9-20-21(23)14-33(27(20)36)22-11-12-24(34)31-26(22)35/h5-10,22H,11-17H2,1-4H3,(H,31,34,35)/i1D3,13D2,14D2,15D2,16D2,17D2. The summed E-state index contributed by atoms with van der Waals surface area (Å²) in [7, 11) is 0. The number of carbonyl (C=O) groups excluding carboxylic acids is 3. The van der Waals surface area contributed by atoms with Crippen molar-refractivity contribution >= 4 is 17.7 Å². The quantitative estimate of drug-likeness (QED) is 0.568. The molecular formula is C29H34FN3O5. The van der Waals surface area contributed by atoms with Crippen LogP contribution in [0.15, 0.2) is 36.4 Å². The summed E-state index contributed by atoms with van der Waals surface area (Å²) in [4.78, 5) is 38.2. The molecule has 3 aliphatic rings. The van der Waals surface area contributed by atoms with E-state index in [-0.39, 0.29) is 23.3 Å². The Morgan fingerprint density at radius 2 is 1.89 bits per heavy atom. The highest BCUT2D eigenvalue weighted by atomic mass is 19.1. The first kappa shape index (κ1) is 14.7. The third kappa shape index (κ3) is 5.31. The Labute approximate surface area is 240 Å². The fraction of sp³-hybridized carbons (Fsp3) is 0.483. The van der Waals surface area contributed by atoms with Gasteiger partial charge in [-0.2, -0.15) is 0 Å². The number of halogens is 1. The number of imide groups is 1. The summed E-state index contributed by atoms with van der Waals surface area (Å²) >= 11 is 0. The lowest BCUT2D eigenvalue weighted by atomic mass is 9.98. The molecular weight excluding hydrogens is 489 g/mol. The number of nitrogens with zero attached hydrogens (tertiary/aromatic N) is 2. The molecule has 9 heteroatoms. The Bertz CT molecular complexity index is 1820. The summed E-state index contributed by atoms with van der Waals surface area (Å²) in [5.41, 5.74) is -7.97. The van der Waals surface area contributed by atoms with Gasteiger partial charge in [0.1, 0.15) is 24.2 Å². The highest BCUT2D eigenvalue weighted by Gasteiger charge is 2.40. The number of hydrogen-bond acceptors (Lipinski definition) is 6. The Morgan fingerprint density at radius 3 is 2.66 bits per heavy atom. The largest absolute Gasteiger partial charge is 0.488 e. The van der Waals surface area contributed by atoms with Crippen LogP contribution in [0.2, 0.25) is 0 Å². The number of carbonyl (C=O) groups is 3. The summed E-state index contributed by atoms with van der Waals surface area (Å²) in [5, 5.41) is 2.05. The van der Waals surface area contributed by atoms with Gasteiger partial charge in [0.2, 0.25) is 11.8 Å². The first-order valence-corrected chi connectivity index (χ1v) is 11.8. The van der Waals surface area contributed by atoms with E-state index in [2.05, 4.69) is 5.32 Å². The maximum Gasteiger partial charge on any atom is 0.255 e. The normalized spacial score (nSPS) is 35.5. The molecule has 5 rings (SSSR count). The fourth-order valence-corrected chi connectivity index (χ4v) is 4.41. The molecule has 2 aromatic rings. The van der Waals surface area contributed by atoms with Gasteiger partial charge in [-0.25, -0.2) is 4.39 Å². The number of nitrogens with one attached hydrogen (secondary N) is 1. The molecule has 0 saturated carbocycles. The molecule has 3 amide bonds. The lowest BCUT2D eigenvalue weighted by Gasteiger charge is -2.47. The highest BCUT2D eigenvalue weighted by Crippen LogP contribution is 2.34. The molecule has 202 valence electrons. The van der Waals surface area contributed by atoms with Gasteiger partial charge in [0, 0.05) is 60.5 Å². The minimum Gasteiger partial charge on any atom is -0.488 e. The average molecular weight is 537 g/mol. The third-order valence-corrected chi connectivity index (χ3v) is 5.90. The first-order chi connectivity index (χ1) is 23.0. The molecule has 38 heavy (non-hydrogen) atoms. The lowest BCUT2D eigenvalue weighted by molar-refractivity contribution is -0.182. The van der Waals surface area contributed by atoms with Crippen LogP contribution in [-0.2, 0) is 33.9 Å². The molecule has 2 aromatic carbocycles. The minimum atomic E-state index is -3.53. The zero-order valence-electron chi connectivity index (χ0n) is 33.8. The topological polar surface area (TPSA) is 88.2 Å². The van der Waals surface area contributed by atoms with Crippen LogP contribution in [0.3, 0.4) is 0 Å². The Balaban J connectivity index is 1.58. The predicted molar refractivity (Wildman–Crippen MR) is 138 cm³/mol. The monoisotopic (exact) mass is 536 g/mol. The number of rotatable bonds is 6. The number of morpholine rings is 1. The molecule has 0 aromatic heterocycles. The van der Waals surface area contributed by atoms with Gasteiger partial charge in [-0.3, -0.25) is 24.6 Å². The second kappa shape index (κ2) is 9.78. The maximum absolute atomic E-state index is 16.5. The van der Waals surface area contributed by atoms with E-state index >= 15 is 4.39 Å². The van der Waals surface area contributed by atoms with E-state index < -0.39 is 103 Å². The van der Waals surface area contributed by atoms with Crippen LogP contribution in [0.1, 0.15) is 85.3 Å². The summed E-state index contributed by atoms with van der Waals surface area (Å²) in [6.07, 6.45) is -0.370. The molecule has 0 bridgehead atoms. The van der Waals surface area contributed by atoms with Crippen molar-refractivity contribution < 1.29 is 46.1 Å². The van der Waals surface area contributed by atoms with Gasteiger partial charge in [0.25, 0.3) is 5.91 Å². The van der Waals surface area contributed by atoms with E-state index in [4.69, 9.17) is 27.3 Å². The van der Waals surface area contributed by atoms with Crippen LogP contribution in [0.5, 0.6) is 5.75 Å². The average Bonchev–Trinajstić information content (AvgIpc) is 3.16. The van der Waals surface area contributed by atoms with Crippen molar-refractivity contribution in [3.05, 3.63) is 64.5 Å². The molecule has 2 atom stereocenters. The van der Waals surface area contributed by atoms with Crippen molar-refractivity contribution in [3.63, 3.8) is 0 Å². The van der Waals surface area contributed by atoms with Crippen molar-refractivity contribution in [1.82, 2.24) is 15.1 Å². The highest BCUT2D eigenvalue weighted by molar-refractivity contribution is 6.05. The Morgan fingerprint density at radius 1 is 1.16 bits per heavy atom. The van der Waals surface area contributed by atoms with Crippen molar-refractivity contribution in [3.8, 4) is 5.75 Å². The van der Waals surface area contributed by atoms with Gasteiger partial charge in [-0.05, 0) is 46.2 Å². The van der Waals surface area contributed by atoms with Crippen molar-refractivity contribution in [2.75, 3.05) is 13.0 Å². The number of benzene rings is 2. The SMILES string of the molecule is [2H]C([2H])(Oc1cccc2c1C([2H])([2H])N(C1CCC(=O)NC1=O)C2=O)c1cccc(C([2H])([2H])N2C([2H])([2H])C(C)(C)OC(C)(C([2H])([2H])[2H])C2([2H])[2H])c1F. The zero-order chi connectivity index (χ0) is 38.7. The molecule has 0 aliphatic carbocycles. The molecule has 2 saturated heterocycles. The summed E-state index contributed by atoms with van der Waals surface area (Å²) in [5.74, 6) is -4.75. The second-order valence-corrected chi connectivity index (χ2v) is 9.62. The summed E-state index contributed by atoms with van der Waals surface area (Å²) in [6.45, 7) is -16.6. The van der Waals surface area contributed by atoms with Gasteiger partial charge in [-0.1, -0.05) is 24.3 Å². The smallest absolute Gasteiger partial charge is 0.255 e. The predicted octanol–water partition coefficient (Wildman–Crippen LogP) is 3.56. The van der Waals surface area contributed by atoms with Crippen LogP contribution < -0.4 is 10.1 Å². The lowest BCUT2D eigenvalue weighted by Crippen LogP contribution is -2.56. The number of fused-ring (bicyclic) bond motifs is 1. The number of ether oxygens (including phenoxy) is 2. The van der Waals surface area contributed by atoms with Crippen molar-refractivity contribution in [2.24, 2.45) is 0 Å². The maximum atomic E-state index is 16.5. The molecule has 0 radical (unpaired) electrons. The number of piperidine rings is 1. The van der Waals surface area contributed by atoms with E-state index in [1.54, 1.807) is 0 Å². The molecule has 2 unspecified atom stereocenters. The minimum absolute atomic E-state index is 0.0741. The second-order valence-electron chi connectivity index (χ2n) is 9.62. The van der Waals surface area contributed by atoms with Crippen LogP contribution in [0, 0.1) is 5.82 Å². The van der Waals surface area contributed by atoms with Crippen LogP contribution in [0.4, 0.5) is 4.39 Å². The van der Waals surface area contributed by atoms with Gasteiger partial charge < -0.3 is 14.4 Å². The van der Waals surface area contributed by atoms with Gasteiger partial charge >= 0.3 is 0 Å². The third-order valence-electron chi connectivity index (χ3n) is 5.90.